The lowest BCUT2D eigenvalue weighted by atomic mass is 10.1. The Morgan fingerprint density at radius 1 is 1.17 bits per heavy atom. The summed E-state index contributed by atoms with van der Waals surface area (Å²) < 4.78 is 5.03. The Bertz CT molecular complexity index is 985. The first kappa shape index (κ1) is 22.8. The molecule has 0 aliphatic carbocycles. The number of Topliss-reactive ketones (excluding diaryl/α,β-unsaturated/α-hetero) is 1. The number of amides is 1. The summed E-state index contributed by atoms with van der Waals surface area (Å²) in [6.45, 7) is 1.49. The number of benzene rings is 1. The minimum absolute atomic E-state index is 0.107. The predicted octanol–water partition coefficient (Wildman–Crippen LogP) is 2.83. The summed E-state index contributed by atoms with van der Waals surface area (Å²) in [7, 11) is 3.83. The molecule has 1 amide bonds. The Hall–Kier alpha value is -3.44. The molecule has 156 valence electrons. The molecular weight excluding hydrogens is 402 g/mol. The Kier molecular flexibility index (Phi) is 8.32. The van der Waals surface area contributed by atoms with E-state index in [1.165, 1.54) is 24.3 Å². The molecule has 2 rings (SSSR count). The molecule has 0 saturated heterocycles. The number of carbonyl (C=O) groups excluding carboxylic acids is 3. The molecule has 0 aliphatic heterocycles. The van der Waals surface area contributed by atoms with Crippen LogP contribution in [-0.4, -0.2) is 44.9 Å². The molecule has 0 fully saturated rings. The van der Waals surface area contributed by atoms with E-state index in [0.29, 0.717) is 23.4 Å². The number of ether oxygens (including phenoxy) is 1. The summed E-state index contributed by atoms with van der Waals surface area (Å²) in [6.07, 6.45) is 2.04. The number of hydrogen-bond donors (Lipinski definition) is 1. The van der Waals surface area contributed by atoms with Gasteiger partial charge in [-0.2, -0.15) is 5.26 Å². The third-order valence-electron chi connectivity index (χ3n) is 4.08. The largest absolute Gasteiger partial charge is 0.453 e. The highest BCUT2D eigenvalue weighted by atomic mass is 32.1. The lowest BCUT2D eigenvalue weighted by Gasteiger charge is -2.11. The maximum absolute atomic E-state index is 12.3. The van der Waals surface area contributed by atoms with Gasteiger partial charge in [-0.05, 0) is 42.3 Å². The molecule has 1 N–H and O–H groups in total. The summed E-state index contributed by atoms with van der Waals surface area (Å²) in [5, 5.41) is 12.0. The van der Waals surface area contributed by atoms with Crippen molar-refractivity contribution in [3.63, 3.8) is 0 Å². The van der Waals surface area contributed by atoms with Crippen molar-refractivity contribution in [3.05, 3.63) is 57.3 Å². The van der Waals surface area contributed by atoms with Gasteiger partial charge in [0.05, 0.1) is 4.88 Å². The van der Waals surface area contributed by atoms with Crippen LogP contribution in [-0.2, 0) is 20.7 Å². The van der Waals surface area contributed by atoms with E-state index in [0.717, 1.165) is 10.6 Å². The van der Waals surface area contributed by atoms with Gasteiger partial charge in [0.15, 0.2) is 6.61 Å². The molecule has 0 atom stereocenters. The third kappa shape index (κ3) is 6.87. The zero-order valence-corrected chi connectivity index (χ0v) is 17.9. The van der Waals surface area contributed by atoms with Crippen LogP contribution in [0.5, 0.6) is 0 Å². The Morgan fingerprint density at radius 3 is 2.47 bits per heavy atom. The van der Waals surface area contributed by atoms with Gasteiger partial charge in [0.25, 0.3) is 0 Å². The fraction of sp³-hybridized carbons (Fsp3) is 0.273. The van der Waals surface area contributed by atoms with Crippen LogP contribution in [0.15, 0.2) is 42.0 Å². The minimum atomic E-state index is -0.843. The number of carbonyl (C=O) groups is 3. The predicted molar refractivity (Wildman–Crippen MR) is 116 cm³/mol. The van der Waals surface area contributed by atoms with E-state index in [-0.39, 0.29) is 17.3 Å². The molecule has 1 heterocycles. The van der Waals surface area contributed by atoms with Crippen molar-refractivity contribution in [3.8, 4) is 6.07 Å². The summed E-state index contributed by atoms with van der Waals surface area (Å²) in [4.78, 5) is 38.7. The van der Waals surface area contributed by atoms with Crippen molar-refractivity contribution in [1.82, 2.24) is 5.32 Å². The van der Waals surface area contributed by atoms with Crippen LogP contribution in [0.1, 0.15) is 27.0 Å². The summed E-state index contributed by atoms with van der Waals surface area (Å²) >= 11 is 1.29. The van der Waals surface area contributed by atoms with Gasteiger partial charge in [0, 0.05) is 38.1 Å². The normalized spacial score (nSPS) is 10.8. The first-order chi connectivity index (χ1) is 14.3. The van der Waals surface area contributed by atoms with Gasteiger partial charge in [0.2, 0.25) is 11.7 Å². The van der Waals surface area contributed by atoms with Crippen molar-refractivity contribution in [2.45, 2.75) is 13.3 Å². The third-order valence-corrected chi connectivity index (χ3v) is 5.26. The molecule has 0 saturated carbocycles. The van der Waals surface area contributed by atoms with Gasteiger partial charge in [-0.15, -0.1) is 11.3 Å². The number of ketones is 1. The highest BCUT2D eigenvalue weighted by Crippen LogP contribution is 2.18. The summed E-state index contributed by atoms with van der Waals surface area (Å²) in [5.74, 6) is -1.29. The molecule has 2 aromatic rings. The lowest BCUT2D eigenvalue weighted by molar-refractivity contribution is -0.137. The standard InChI is InChI=1S/C22H23N3O4S/c1-15(26)24-11-10-19-8-9-21(30-19)20(27)14-29-22(28)17(13-23)12-16-4-6-18(7-5-16)25(2)3/h4-9,12H,10-11,14H2,1-3H3,(H,24,26)/b17-12+. The molecule has 0 spiro atoms. The van der Waals surface area contributed by atoms with Gasteiger partial charge >= 0.3 is 5.97 Å². The molecule has 8 heteroatoms. The van der Waals surface area contributed by atoms with E-state index >= 15 is 0 Å². The van der Waals surface area contributed by atoms with Gasteiger partial charge in [0.1, 0.15) is 11.6 Å². The zero-order valence-electron chi connectivity index (χ0n) is 17.1. The molecule has 0 radical (unpaired) electrons. The molecule has 0 aliphatic rings. The van der Waals surface area contributed by atoms with Crippen molar-refractivity contribution >= 4 is 40.8 Å². The first-order valence-corrected chi connectivity index (χ1v) is 10.0. The first-order valence-electron chi connectivity index (χ1n) is 9.23. The quantitative estimate of drug-likeness (QED) is 0.287. The van der Waals surface area contributed by atoms with Crippen molar-refractivity contribution in [2.75, 3.05) is 32.1 Å². The lowest BCUT2D eigenvalue weighted by Crippen LogP contribution is -2.22. The topological polar surface area (TPSA) is 99.5 Å². The average Bonchev–Trinajstić information content (AvgIpc) is 3.19. The second kappa shape index (κ2) is 10.9. The van der Waals surface area contributed by atoms with Crippen LogP contribution in [0.3, 0.4) is 0 Å². The highest BCUT2D eigenvalue weighted by molar-refractivity contribution is 7.14. The Balaban J connectivity index is 1.93. The second-order valence-corrected chi connectivity index (χ2v) is 7.82. The van der Waals surface area contributed by atoms with Crippen LogP contribution in [0.2, 0.25) is 0 Å². The SMILES string of the molecule is CC(=O)NCCc1ccc(C(=O)COC(=O)/C(C#N)=C/c2ccc(N(C)C)cc2)s1. The Morgan fingerprint density at radius 2 is 1.87 bits per heavy atom. The number of esters is 1. The van der Waals surface area contributed by atoms with Crippen molar-refractivity contribution < 1.29 is 19.1 Å². The van der Waals surface area contributed by atoms with Gasteiger partial charge in [-0.25, -0.2) is 4.79 Å². The Labute approximate surface area is 179 Å². The molecule has 0 unspecified atom stereocenters. The fourth-order valence-corrected chi connectivity index (χ4v) is 3.41. The number of nitriles is 1. The van der Waals surface area contributed by atoms with E-state index in [4.69, 9.17) is 4.74 Å². The molecular formula is C22H23N3O4S. The summed E-state index contributed by atoms with van der Waals surface area (Å²) in [5.41, 5.74) is 1.50. The fourth-order valence-electron chi connectivity index (χ4n) is 2.48. The number of hydrogen-bond acceptors (Lipinski definition) is 7. The molecule has 1 aromatic heterocycles. The van der Waals surface area contributed by atoms with Gasteiger partial charge < -0.3 is 15.0 Å². The molecule has 1 aromatic carbocycles. The monoisotopic (exact) mass is 425 g/mol. The molecule has 7 nitrogen and oxygen atoms in total. The van der Waals surface area contributed by atoms with Crippen LogP contribution < -0.4 is 10.2 Å². The van der Waals surface area contributed by atoms with Crippen molar-refractivity contribution in [1.29, 1.82) is 5.26 Å². The maximum Gasteiger partial charge on any atom is 0.349 e. The maximum atomic E-state index is 12.3. The van der Waals surface area contributed by atoms with E-state index in [2.05, 4.69) is 5.32 Å². The number of thiophene rings is 1. The highest BCUT2D eigenvalue weighted by Gasteiger charge is 2.16. The zero-order chi connectivity index (χ0) is 22.1. The van der Waals surface area contributed by atoms with E-state index in [1.54, 1.807) is 24.3 Å². The number of anilines is 1. The average molecular weight is 426 g/mol. The number of rotatable bonds is 9. The second-order valence-electron chi connectivity index (χ2n) is 6.65. The number of nitrogens with one attached hydrogen (secondary N) is 1. The molecule has 30 heavy (non-hydrogen) atoms. The van der Waals surface area contributed by atoms with E-state index in [1.807, 2.05) is 37.2 Å². The van der Waals surface area contributed by atoms with E-state index < -0.39 is 12.6 Å². The minimum Gasteiger partial charge on any atom is -0.453 e. The van der Waals surface area contributed by atoms with Gasteiger partial charge in [-0.3, -0.25) is 9.59 Å². The van der Waals surface area contributed by atoms with Crippen LogP contribution in [0.25, 0.3) is 6.08 Å². The van der Waals surface area contributed by atoms with Crippen molar-refractivity contribution in [2.24, 2.45) is 0 Å². The summed E-state index contributed by atoms with van der Waals surface area (Å²) in [6, 6.07) is 12.6. The molecule has 0 bridgehead atoms. The smallest absolute Gasteiger partial charge is 0.349 e. The van der Waals surface area contributed by atoms with Crippen LogP contribution in [0.4, 0.5) is 5.69 Å². The van der Waals surface area contributed by atoms with Gasteiger partial charge in [-0.1, -0.05) is 12.1 Å². The van der Waals surface area contributed by atoms with Crippen LogP contribution >= 0.6 is 11.3 Å². The van der Waals surface area contributed by atoms with E-state index in [9.17, 15) is 19.6 Å². The number of nitrogens with zero attached hydrogens (tertiary/aromatic N) is 2. The van der Waals surface area contributed by atoms with Crippen LogP contribution in [0, 0.1) is 11.3 Å².